The molecule has 2 heterocycles. The van der Waals surface area contributed by atoms with E-state index in [0.29, 0.717) is 0 Å². The number of fused-ring (bicyclic) bond motifs is 1. The Kier molecular flexibility index (Phi) is 6.68. The zero-order valence-electron chi connectivity index (χ0n) is 16.2. The van der Waals surface area contributed by atoms with E-state index in [4.69, 9.17) is 9.73 Å². The first-order valence-corrected chi connectivity index (χ1v) is 9.74. The number of para-hydroxylation sites is 2. The maximum atomic E-state index is 11.7. The van der Waals surface area contributed by atoms with Gasteiger partial charge in [-0.05, 0) is 38.3 Å². The molecule has 0 radical (unpaired) electrons. The molecular formula is C20H29N5O2. The fraction of sp³-hybridized carbons (Fsp3) is 0.550. The lowest BCUT2D eigenvalue weighted by Gasteiger charge is -2.33. The van der Waals surface area contributed by atoms with Gasteiger partial charge in [-0.3, -0.25) is 9.79 Å². The van der Waals surface area contributed by atoms with Crippen molar-refractivity contribution in [2.45, 2.75) is 32.7 Å². The fourth-order valence-corrected chi connectivity index (χ4v) is 3.53. The normalized spacial score (nSPS) is 15.9. The predicted octanol–water partition coefficient (Wildman–Crippen LogP) is 2.28. The molecule has 3 rings (SSSR count). The second kappa shape index (κ2) is 9.39. The summed E-state index contributed by atoms with van der Waals surface area (Å²) in [4.78, 5) is 23.2. The summed E-state index contributed by atoms with van der Waals surface area (Å²) in [6, 6.07) is 8.18. The number of aliphatic imine (C=N–C) groups is 1. The molecule has 1 aliphatic heterocycles. The van der Waals surface area contributed by atoms with E-state index in [9.17, 15) is 4.79 Å². The van der Waals surface area contributed by atoms with Crippen LogP contribution in [-0.4, -0.2) is 59.7 Å². The van der Waals surface area contributed by atoms with Gasteiger partial charge in [-0.1, -0.05) is 12.1 Å². The Hall–Kier alpha value is -2.57. The van der Waals surface area contributed by atoms with Gasteiger partial charge in [-0.15, -0.1) is 0 Å². The van der Waals surface area contributed by atoms with E-state index >= 15 is 0 Å². The number of hydrogen-bond donors (Lipinski definition) is 1. The number of guanidine groups is 1. The number of nitrogens with zero attached hydrogens (tertiary/aromatic N) is 4. The van der Waals surface area contributed by atoms with Crippen molar-refractivity contribution in [2.75, 3.05) is 33.3 Å². The first-order valence-electron chi connectivity index (χ1n) is 9.74. The number of ether oxygens (including phenoxy) is 1. The van der Waals surface area contributed by atoms with Crippen LogP contribution in [0, 0.1) is 5.92 Å². The van der Waals surface area contributed by atoms with Gasteiger partial charge in [0.05, 0.1) is 30.4 Å². The third kappa shape index (κ3) is 4.78. The molecule has 1 fully saturated rings. The average molecular weight is 371 g/mol. The van der Waals surface area contributed by atoms with E-state index in [-0.39, 0.29) is 11.9 Å². The highest BCUT2D eigenvalue weighted by Gasteiger charge is 2.26. The molecule has 1 N–H and O–H groups in total. The molecule has 0 amide bonds. The first kappa shape index (κ1) is 19.2. The van der Waals surface area contributed by atoms with Gasteiger partial charge >= 0.3 is 5.97 Å². The summed E-state index contributed by atoms with van der Waals surface area (Å²) in [7, 11) is 1.46. The van der Waals surface area contributed by atoms with Crippen LogP contribution >= 0.6 is 0 Å². The maximum Gasteiger partial charge on any atom is 0.308 e. The molecule has 2 aromatic rings. The molecule has 7 heteroatoms. The number of piperidine rings is 1. The molecule has 0 spiro atoms. The van der Waals surface area contributed by atoms with Crippen molar-refractivity contribution in [3.8, 4) is 0 Å². The number of methoxy groups -OCH3 is 1. The monoisotopic (exact) mass is 371 g/mol. The highest BCUT2D eigenvalue weighted by Crippen LogP contribution is 2.18. The van der Waals surface area contributed by atoms with E-state index in [1.54, 1.807) is 0 Å². The van der Waals surface area contributed by atoms with Crippen LogP contribution in [0.5, 0.6) is 0 Å². The maximum absolute atomic E-state index is 11.7. The van der Waals surface area contributed by atoms with Crippen molar-refractivity contribution < 1.29 is 9.53 Å². The molecule has 1 aromatic carbocycles. The Morgan fingerprint density at radius 1 is 1.33 bits per heavy atom. The van der Waals surface area contributed by atoms with Crippen molar-refractivity contribution in [3.63, 3.8) is 0 Å². The minimum Gasteiger partial charge on any atom is -0.469 e. The molecule has 146 valence electrons. The topological polar surface area (TPSA) is 71.8 Å². The third-order valence-corrected chi connectivity index (χ3v) is 5.01. The number of carbonyl (C=O) groups excluding carboxylic acids is 1. The highest BCUT2D eigenvalue weighted by atomic mass is 16.5. The van der Waals surface area contributed by atoms with Gasteiger partial charge in [0, 0.05) is 32.7 Å². The summed E-state index contributed by atoms with van der Waals surface area (Å²) in [5.74, 6) is 0.865. The quantitative estimate of drug-likeness (QED) is 0.365. The van der Waals surface area contributed by atoms with E-state index in [2.05, 4.69) is 32.8 Å². The minimum absolute atomic E-state index is 0.0173. The number of carbonyl (C=O) groups is 1. The SMILES string of the molecule is CCNC(=NCCCn1cnc2ccccc21)N1CCC(C(=O)OC)CC1. The minimum atomic E-state index is -0.0934. The van der Waals surface area contributed by atoms with Crippen LogP contribution in [0.15, 0.2) is 35.6 Å². The van der Waals surface area contributed by atoms with E-state index in [1.807, 2.05) is 24.5 Å². The molecular weight excluding hydrogens is 342 g/mol. The summed E-state index contributed by atoms with van der Waals surface area (Å²) in [5, 5.41) is 3.37. The summed E-state index contributed by atoms with van der Waals surface area (Å²) in [6.45, 7) is 6.23. The van der Waals surface area contributed by atoms with Crippen LogP contribution in [0.3, 0.4) is 0 Å². The number of esters is 1. The molecule has 27 heavy (non-hydrogen) atoms. The van der Waals surface area contributed by atoms with Crippen LogP contribution in [0.1, 0.15) is 26.2 Å². The number of aromatic nitrogens is 2. The van der Waals surface area contributed by atoms with Crippen LogP contribution < -0.4 is 5.32 Å². The zero-order valence-corrected chi connectivity index (χ0v) is 16.2. The Balaban J connectivity index is 1.52. The number of imidazole rings is 1. The second-order valence-corrected chi connectivity index (χ2v) is 6.80. The second-order valence-electron chi connectivity index (χ2n) is 6.80. The third-order valence-electron chi connectivity index (χ3n) is 5.01. The Bertz CT molecular complexity index is 778. The fourth-order valence-electron chi connectivity index (χ4n) is 3.53. The summed E-state index contributed by atoms with van der Waals surface area (Å²) in [6.07, 6.45) is 4.49. The lowest BCUT2D eigenvalue weighted by Crippen LogP contribution is -2.46. The Labute approximate surface area is 160 Å². The molecule has 0 aliphatic carbocycles. The van der Waals surface area contributed by atoms with Gasteiger partial charge in [0.15, 0.2) is 5.96 Å². The standard InChI is InChI=1S/C20H29N5O2/c1-3-21-20(24-13-9-16(10-14-24)19(26)27-2)22-11-6-12-25-15-23-17-7-4-5-8-18(17)25/h4-5,7-8,15-16H,3,6,9-14H2,1-2H3,(H,21,22). The van der Waals surface area contributed by atoms with Crippen LogP contribution in [0.4, 0.5) is 0 Å². The number of benzene rings is 1. The number of rotatable bonds is 6. The van der Waals surface area contributed by atoms with Crippen molar-refractivity contribution in [3.05, 3.63) is 30.6 Å². The smallest absolute Gasteiger partial charge is 0.308 e. The molecule has 0 atom stereocenters. The zero-order chi connectivity index (χ0) is 19.1. The summed E-state index contributed by atoms with van der Waals surface area (Å²) >= 11 is 0. The molecule has 0 saturated carbocycles. The van der Waals surface area contributed by atoms with Crippen molar-refractivity contribution in [1.82, 2.24) is 19.8 Å². The van der Waals surface area contributed by atoms with E-state index in [1.165, 1.54) is 12.6 Å². The largest absolute Gasteiger partial charge is 0.469 e. The van der Waals surface area contributed by atoms with Crippen molar-refractivity contribution in [2.24, 2.45) is 10.9 Å². The first-order chi connectivity index (χ1) is 13.2. The highest BCUT2D eigenvalue weighted by molar-refractivity contribution is 5.80. The van der Waals surface area contributed by atoms with Gasteiger partial charge in [-0.2, -0.15) is 0 Å². The molecule has 1 aliphatic rings. The Morgan fingerprint density at radius 3 is 2.85 bits per heavy atom. The lowest BCUT2D eigenvalue weighted by molar-refractivity contribution is -0.146. The van der Waals surface area contributed by atoms with Crippen LogP contribution in [0.25, 0.3) is 11.0 Å². The average Bonchev–Trinajstić information content (AvgIpc) is 3.13. The molecule has 0 unspecified atom stereocenters. The number of nitrogens with one attached hydrogen (secondary N) is 1. The van der Waals surface area contributed by atoms with Gasteiger partial charge in [0.25, 0.3) is 0 Å². The number of aryl methyl sites for hydroxylation is 1. The van der Waals surface area contributed by atoms with Gasteiger partial charge in [0.2, 0.25) is 0 Å². The van der Waals surface area contributed by atoms with E-state index < -0.39 is 0 Å². The molecule has 7 nitrogen and oxygen atoms in total. The summed E-state index contributed by atoms with van der Waals surface area (Å²) in [5.41, 5.74) is 2.20. The molecule has 0 bridgehead atoms. The van der Waals surface area contributed by atoms with Crippen molar-refractivity contribution >= 4 is 23.0 Å². The molecule has 1 saturated heterocycles. The van der Waals surface area contributed by atoms with E-state index in [0.717, 1.165) is 63.5 Å². The molecule has 1 aromatic heterocycles. The van der Waals surface area contributed by atoms with Crippen LogP contribution in [-0.2, 0) is 16.1 Å². The van der Waals surface area contributed by atoms with Crippen LogP contribution in [0.2, 0.25) is 0 Å². The summed E-state index contributed by atoms with van der Waals surface area (Å²) < 4.78 is 7.05. The Morgan fingerprint density at radius 2 is 2.11 bits per heavy atom. The number of hydrogen-bond acceptors (Lipinski definition) is 4. The predicted molar refractivity (Wildman–Crippen MR) is 107 cm³/mol. The van der Waals surface area contributed by atoms with Gasteiger partial charge < -0.3 is 19.5 Å². The lowest BCUT2D eigenvalue weighted by atomic mass is 9.97. The van der Waals surface area contributed by atoms with Crippen molar-refractivity contribution in [1.29, 1.82) is 0 Å². The van der Waals surface area contributed by atoms with Gasteiger partial charge in [-0.25, -0.2) is 4.98 Å². The van der Waals surface area contributed by atoms with Gasteiger partial charge in [0.1, 0.15) is 0 Å². The number of likely N-dealkylation sites (tertiary alicyclic amines) is 1.